The van der Waals surface area contributed by atoms with Gasteiger partial charge in [0, 0.05) is 0 Å². The highest BCUT2D eigenvalue weighted by Crippen LogP contribution is 2.19. The second-order valence-electron chi connectivity index (χ2n) is 9.45. The molecule has 29 heavy (non-hydrogen) atoms. The van der Waals surface area contributed by atoms with Gasteiger partial charge < -0.3 is 0 Å². The first-order chi connectivity index (χ1) is 14.3. The molecule has 0 amide bonds. The lowest BCUT2D eigenvalue weighted by atomic mass is 9.96. The predicted molar refractivity (Wildman–Crippen MR) is 135 cm³/mol. The number of rotatable bonds is 24. The zero-order valence-corrected chi connectivity index (χ0v) is 20.4. The minimum absolute atomic E-state index is 0.951. The summed E-state index contributed by atoms with van der Waals surface area (Å²) in [4.78, 5) is 0. The Hall–Kier alpha value is -0.260. The largest absolute Gasteiger partial charge is 0.0885 e. The fourth-order valence-corrected chi connectivity index (χ4v) is 4.22. The van der Waals surface area contributed by atoms with E-state index in [2.05, 4.69) is 32.9 Å². The van der Waals surface area contributed by atoms with Gasteiger partial charge in [0.2, 0.25) is 0 Å². The van der Waals surface area contributed by atoms with Gasteiger partial charge in [0.1, 0.15) is 0 Å². The molecule has 0 heterocycles. The molecule has 0 saturated carbocycles. The Morgan fingerprint density at radius 1 is 0.448 bits per heavy atom. The van der Waals surface area contributed by atoms with Crippen molar-refractivity contribution in [1.29, 1.82) is 0 Å². The van der Waals surface area contributed by atoms with Crippen molar-refractivity contribution in [1.82, 2.24) is 0 Å². The van der Waals surface area contributed by atoms with Gasteiger partial charge in [-0.1, -0.05) is 155 Å². The summed E-state index contributed by atoms with van der Waals surface area (Å²) in [6, 6.07) is 0. The Kier molecular flexibility index (Phi) is 25.5. The van der Waals surface area contributed by atoms with E-state index in [1.165, 1.54) is 128 Å². The van der Waals surface area contributed by atoms with E-state index in [9.17, 15) is 0 Å². The summed E-state index contributed by atoms with van der Waals surface area (Å²) in [7, 11) is 0. The van der Waals surface area contributed by atoms with Crippen LogP contribution in [0.25, 0.3) is 0 Å². The average Bonchev–Trinajstić information content (AvgIpc) is 2.73. The Labute approximate surface area is 186 Å². The maximum atomic E-state index is 3.92. The summed E-state index contributed by atoms with van der Waals surface area (Å²) in [6.45, 7) is 10.3. The number of unbranched alkanes of at least 4 members (excludes halogenated alkanes) is 18. The molecule has 0 aromatic heterocycles. The predicted octanol–water partition coefficient (Wildman–Crippen LogP) is 10.8. The van der Waals surface area contributed by atoms with Gasteiger partial charge in [0.25, 0.3) is 0 Å². The molecule has 0 bridgehead atoms. The highest BCUT2D eigenvalue weighted by atomic mass is 14.1. The summed E-state index contributed by atoms with van der Waals surface area (Å²) in [5.74, 6) is 0.951. The van der Waals surface area contributed by atoms with Crippen LogP contribution in [-0.4, -0.2) is 0 Å². The van der Waals surface area contributed by atoms with E-state index in [0.29, 0.717) is 0 Å². The second-order valence-corrected chi connectivity index (χ2v) is 9.45. The molecule has 0 aliphatic carbocycles. The number of hydrogen-bond donors (Lipinski definition) is 0. The molecule has 0 nitrogen and oxygen atoms in total. The Balaban J connectivity index is 3.12. The highest BCUT2D eigenvalue weighted by molar-refractivity contribution is 4.81. The van der Waals surface area contributed by atoms with Crippen LogP contribution in [0.3, 0.4) is 0 Å². The van der Waals surface area contributed by atoms with Crippen molar-refractivity contribution in [3.05, 3.63) is 26.0 Å². The van der Waals surface area contributed by atoms with Gasteiger partial charge in [-0.2, -0.15) is 0 Å². The van der Waals surface area contributed by atoms with Crippen molar-refractivity contribution < 1.29 is 0 Å². The van der Waals surface area contributed by atoms with Crippen molar-refractivity contribution in [2.45, 2.75) is 155 Å². The number of hydrogen-bond acceptors (Lipinski definition) is 0. The van der Waals surface area contributed by atoms with Crippen molar-refractivity contribution in [2.75, 3.05) is 0 Å². The van der Waals surface area contributed by atoms with Gasteiger partial charge in [0.15, 0.2) is 0 Å². The van der Waals surface area contributed by atoms with Crippen LogP contribution in [0, 0.1) is 19.8 Å². The third-order valence-corrected chi connectivity index (χ3v) is 6.30. The van der Waals surface area contributed by atoms with Crippen molar-refractivity contribution in [3.8, 4) is 0 Å². The van der Waals surface area contributed by atoms with Crippen LogP contribution < -0.4 is 0 Å². The molecule has 0 aromatic carbocycles. The molecule has 0 aliphatic rings. The molecule has 0 heteroatoms. The molecule has 2 radical (unpaired) electrons. The zero-order valence-electron chi connectivity index (χ0n) is 20.4. The van der Waals surface area contributed by atoms with Gasteiger partial charge in [-0.25, -0.2) is 0 Å². The van der Waals surface area contributed by atoms with E-state index in [-0.39, 0.29) is 0 Å². The molecule has 0 spiro atoms. The lowest BCUT2D eigenvalue weighted by Crippen LogP contribution is -1.95. The van der Waals surface area contributed by atoms with Crippen molar-refractivity contribution in [3.63, 3.8) is 0 Å². The average molecular weight is 405 g/mol. The summed E-state index contributed by atoms with van der Waals surface area (Å²) in [6.07, 6.45) is 36.6. The van der Waals surface area contributed by atoms with Crippen molar-refractivity contribution >= 4 is 0 Å². The molecule has 0 fully saturated rings. The summed E-state index contributed by atoms with van der Waals surface area (Å²) in [5, 5.41) is 0. The van der Waals surface area contributed by atoms with Gasteiger partial charge >= 0.3 is 0 Å². The molecular formula is C29H56. The quantitative estimate of drug-likeness (QED) is 0.111. The minimum Gasteiger partial charge on any atom is -0.0885 e. The Bertz CT molecular complexity index is 303. The molecule has 0 N–H and O–H groups in total. The van der Waals surface area contributed by atoms with E-state index in [1.807, 2.05) is 0 Å². The molecule has 1 unspecified atom stereocenters. The van der Waals surface area contributed by atoms with Gasteiger partial charge in [-0.05, 0) is 31.6 Å². The smallest absolute Gasteiger partial charge is 0.0351 e. The molecular weight excluding hydrogens is 348 g/mol. The molecule has 0 aromatic rings. The fraction of sp³-hybridized carbons (Fsp3) is 0.862. The van der Waals surface area contributed by atoms with E-state index >= 15 is 0 Å². The van der Waals surface area contributed by atoms with Crippen molar-refractivity contribution in [2.24, 2.45) is 5.92 Å². The molecule has 1 atom stereocenters. The Morgan fingerprint density at radius 2 is 0.828 bits per heavy atom. The van der Waals surface area contributed by atoms with Crippen LogP contribution in [-0.2, 0) is 0 Å². The topological polar surface area (TPSA) is 0 Å². The van der Waals surface area contributed by atoms with Crippen LogP contribution in [0.15, 0.2) is 12.2 Å². The van der Waals surface area contributed by atoms with Crippen LogP contribution in [0.5, 0.6) is 0 Å². The van der Waals surface area contributed by atoms with E-state index < -0.39 is 0 Å². The third-order valence-electron chi connectivity index (χ3n) is 6.30. The molecule has 172 valence electrons. The highest BCUT2D eigenvalue weighted by Gasteiger charge is 2.02. The van der Waals surface area contributed by atoms with Gasteiger partial charge in [0.05, 0.1) is 0 Å². The monoisotopic (exact) mass is 404 g/mol. The maximum Gasteiger partial charge on any atom is -0.0351 e. The minimum atomic E-state index is 0.951. The van der Waals surface area contributed by atoms with Gasteiger partial charge in [-0.15, -0.1) is 0 Å². The first-order valence-corrected chi connectivity index (χ1v) is 13.5. The SMILES string of the molecule is [CH2]CCC=CCCCCCCCCCCCCCCC(C)CCCCCCC[CH2]. The first kappa shape index (κ1) is 28.7. The van der Waals surface area contributed by atoms with E-state index in [1.54, 1.807) is 0 Å². The van der Waals surface area contributed by atoms with E-state index in [4.69, 9.17) is 0 Å². The second kappa shape index (κ2) is 25.8. The lowest BCUT2D eigenvalue weighted by molar-refractivity contribution is 0.431. The van der Waals surface area contributed by atoms with E-state index in [0.717, 1.165) is 25.2 Å². The molecule has 0 aliphatic heterocycles. The zero-order chi connectivity index (χ0) is 21.3. The van der Waals surface area contributed by atoms with Crippen LogP contribution in [0.4, 0.5) is 0 Å². The summed E-state index contributed by atoms with van der Waals surface area (Å²) >= 11 is 0. The Morgan fingerprint density at radius 3 is 1.28 bits per heavy atom. The van der Waals surface area contributed by atoms with Crippen LogP contribution in [0.1, 0.15) is 155 Å². The van der Waals surface area contributed by atoms with Gasteiger partial charge in [-0.3, -0.25) is 0 Å². The number of allylic oxidation sites excluding steroid dienone is 2. The van der Waals surface area contributed by atoms with Crippen LogP contribution in [0.2, 0.25) is 0 Å². The molecule has 0 saturated heterocycles. The first-order valence-electron chi connectivity index (χ1n) is 13.5. The standard InChI is InChI=1S/C29H56/c1-4-6-8-10-12-13-14-15-16-17-18-19-20-21-22-24-26-28-29(3)27-25-23-11-9-7-5-2/h8,10,29H,1-2,4-7,9,11-28H2,3H3. The normalized spacial score (nSPS) is 12.8. The third kappa shape index (κ3) is 25.7. The molecule has 0 rings (SSSR count). The summed E-state index contributed by atoms with van der Waals surface area (Å²) in [5.41, 5.74) is 0. The summed E-state index contributed by atoms with van der Waals surface area (Å²) < 4.78 is 0. The lowest BCUT2D eigenvalue weighted by Gasteiger charge is -2.11. The van der Waals surface area contributed by atoms with Crippen LogP contribution >= 0.6 is 0 Å². The fourth-order valence-electron chi connectivity index (χ4n) is 4.22. The maximum absolute atomic E-state index is 3.92.